The molecule has 0 saturated carbocycles. The third kappa shape index (κ3) is 5.49. The second-order valence-electron chi connectivity index (χ2n) is 8.51. The number of aryl methyl sites for hydroxylation is 1. The largest absolute Gasteiger partial charge is 0.493 e. The predicted molar refractivity (Wildman–Crippen MR) is 136 cm³/mol. The number of benzene rings is 2. The number of nitrogen functional groups attached to an aromatic ring is 1. The molecule has 0 saturated heterocycles. The zero-order valence-corrected chi connectivity index (χ0v) is 20.3. The Morgan fingerprint density at radius 1 is 1.22 bits per heavy atom. The molecule has 0 spiro atoms. The SMILES string of the molecule is CC=CC=CC(=O)N1CCc2ccc(OCCc3nc(-c4ccc(N)cc4)oc3C)cc2C1C(=O)O. The molecule has 3 aromatic rings. The van der Waals surface area contributed by atoms with E-state index in [4.69, 9.17) is 14.9 Å². The van der Waals surface area contributed by atoms with Crippen LogP contribution in [0.15, 0.2) is 71.2 Å². The van der Waals surface area contributed by atoms with Gasteiger partial charge < -0.3 is 24.9 Å². The molecule has 0 aliphatic carbocycles. The summed E-state index contributed by atoms with van der Waals surface area (Å²) in [5.41, 5.74) is 9.52. The Morgan fingerprint density at radius 3 is 2.72 bits per heavy atom. The molecular weight excluding hydrogens is 458 g/mol. The van der Waals surface area contributed by atoms with Crippen LogP contribution in [0.4, 0.5) is 5.69 Å². The molecule has 36 heavy (non-hydrogen) atoms. The number of nitrogens with zero attached hydrogens (tertiary/aromatic N) is 2. The van der Waals surface area contributed by atoms with Crippen LogP contribution in [-0.2, 0) is 22.4 Å². The lowest BCUT2D eigenvalue weighted by Crippen LogP contribution is -2.42. The van der Waals surface area contributed by atoms with Crippen molar-refractivity contribution < 1.29 is 23.8 Å². The smallest absolute Gasteiger partial charge is 0.331 e. The number of carboxylic acid groups (broad SMARTS) is 1. The van der Waals surface area contributed by atoms with Gasteiger partial charge in [-0.15, -0.1) is 0 Å². The van der Waals surface area contributed by atoms with Crippen molar-refractivity contribution in [1.82, 2.24) is 9.88 Å². The van der Waals surface area contributed by atoms with Gasteiger partial charge in [-0.3, -0.25) is 4.79 Å². The standard InChI is InChI=1S/C28H29N3O5/c1-3-4-5-6-25(32)31-15-13-19-9-12-22(17-23(19)26(31)28(33)34)35-16-14-24-18(2)36-27(30-24)20-7-10-21(29)11-8-20/h3-12,17,26H,13-16,29H2,1-2H3,(H,33,34). The minimum atomic E-state index is -1.07. The molecule has 1 aliphatic rings. The van der Waals surface area contributed by atoms with Gasteiger partial charge in [0.05, 0.1) is 12.3 Å². The summed E-state index contributed by atoms with van der Waals surface area (Å²) in [4.78, 5) is 30.8. The second-order valence-corrected chi connectivity index (χ2v) is 8.51. The van der Waals surface area contributed by atoms with Crippen LogP contribution >= 0.6 is 0 Å². The van der Waals surface area contributed by atoms with Gasteiger partial charge in [-0.05, 0) is 67.8 Å². The van der Waals surface area contributed by atoms with Crippen LogP contribution in [0.25, 0.3) is 11.5 Å². The molecule has 1 aliphatic heterocycles. The fourth-order valence-corrected chi connectivity index (χ4v) is 4.21. The molecule has 8 nitrogen and oxygen atoms in total. The van der Waals surface area contributed by atoms with Crippen molar-refractivity contribution in [2.75, 3.05) is 18.9 Å². The van der Waals surface area contributed by atoms with Gasteiger partial charge in [0.25, 0.3) is 0 Å². The summed E-state index contributed by atoms with van der Waals surface area (Å²) in [6.07, 6.45) is 7.62. The number of nitrogens with two attached hydrogens (primary N) is 1. The first kappa shape index (κ1) is 24.8. The number of aliphatic carboxylic acids is 1. The molecule has 4 rings (SSSR count). The van der Waals surface area contributed by atoms with Crippen LogP contribution in [0.5, 0.6) is 5.75 Å². The normalized spacial score (nSPS) is 15.4. The Bertz CT molecular complexity index is 1310. The van der Waals surface area contributed by atoms with Crippen molar-refractivity contribution in [2.45, 2.75) is 32.7 Å². The van der Waals surface area contributed by atoms with Gasteiger partial charge in [-0.2, -0.15) is 0 Å². The van der Waals surface area contributed by atoms with E-state index < -0.39 is 12.0 Å². The van der Waals surface area contributed by atoms with Gasteiger partial charge in [0, 0.05) is 30.3 Å². The number of carbonyl (C=O) groups excluding carboxylic acids is 1. The van der Waals surface area contributed by atoms with Crippen molar-refractivity contribution in [3.05, 3.63) is 89.3 Å². The van der Waals surface area contributed by atoms with Crippen molar-refractivity contribution in [2.24, 2.45) is 0 Å². The summed E-state index contributed by atoms with van der Waals surface area (Å²) >= 11 is 0. The summed E-state index contributed by atoms with van der Waals surface area (Å²) in [5.74, 6) is 0.361. The third-order valence-electron chi connectivity index (χ3n) is 6.06. The topological polar surface area (TPSA) is 119 Å². The van der Waals surface area contributed by atoms with E-state index in [9.17, 15) is 14.7 Å². The molecule has 1 unspecified atom stereocenters. The fraction of sp³-hybridized carbons (Fsp3) is 0.250. The Balaban J connectivity index is 1.46. The third-order valence-corrected chi connectivity index (χ3v) is 6.06. The lowest BCUT2D eigenvalue weighted by Gasteiger charge is -2.34. The number of hydrogen-bond donors (Lipinski definition) is 2. The molecule has 1 aromatic heterocycles. The Labute approximate surface area is 209 Å². The van der Waals surface area contributed by atoms with E-state index in [1.54, 1.807) is 36.4 Å². The van der Waals surface area contributed by atoms with Crippen LogP contribution in [0.2, 0.25) is 0 Å². The molecular formula is C28H29N3O5. The van der Waals surface area contributed by atoms with Gasteiger partial charge >= 0.3 is 5.97 Å². The average Bonchev–Trinajstić information content (AvgIpc) is 3.23. The molecule has 1 amide bonds. The van der Waals surface area contributed by atoms with Gasteiger partial charge in [0.15, 0.2) is 6.04 Å². The number of amides is 1. The van der Waals surface area contributed by atoms with E-state index >= 15 is 0 Å². The number of anilines is 1. The van der Waals surface area contributed by atoms with Gasteiger partial charge in [0.2, 0.25) is 11.8 Å². The summed E-state index contributed by atoms with van der Waals surface area (Å²) in [5, 5.41) is 9.94. The molecule has 0 fully saturated rings. The highest BCUT2D eigenvalue weighted by Crippen LogP contribution is 2.33. The zero-order chi connectivity index (χ0) is 25.7. The number of carboxylic acids is 1. The number of ether oxygens (including phenoxy) is 1. The number of rotatable bonds is 8. The van der Waals surface area contributed by atoms with Crippen molar-refractivity contribution in [3.8, 4) is 17.2 Å². The quantitative estimate of drug-likeness (QED) is 0.273. The fourth-order valence-electron chi connectivity index (χ4n) is 4.21. The molecule has 8 heteroatoms. The highest BCUT2D eigenvalue weighted by molar-refractivity contribution is 5.92. The first-order chi connectivity index (χ1) is 17.4. The number of fused-ring (bicyclic) bond motifs is 1. The molecule has 2 aromatic carbocycles. The highest BCUT2D eigenvalue weighted by atomic mass is 16.5. The lowest BCUT2D eigenvalue weighted by atomic mass is 9.92. The van der Waals surface area contributed by atoms with Crippen molar-refractivity contribution in [1.29, 1.82) is 0 Å². The van der Waals surface area contributed by atoms with Gasteiger partial charge in [0.1, 0.15) is 11.5 Å². The zero-order valence-electron chi connectivity index (χ0n) is 20.3. The average molecular weight is 488 g/mol. The maximum absolute atomic E-state index is 12.7. The number of hydrogen-bond acceptors (Lipinski definition) is 6. The monoisotopic (exact) mass is 487 g/mol. The summed E-state index contributed by atoms with van der Waals surface area (Å²) in [6, 6.07) is 11.7. The number of oxazole rings is 1. The van der Waals surface area contributed by atoms with E-state index in [1.807, 2.05) is 38.1 Å². The first-order valence-electron chi connectivity index (χ1n) is 11.8. The Morgan fingerprint density at radius 2 is 2.00 bits per heavy atom. The molecule has 2 heterocycles. The van der Waals surface area contributed by atoms with E-state index in [1.165, 1.54) is 11.0 Å². The maximum atomic E-state index is 12.7. The predicted octanol–water partition coefficient (Wildman–Crippen LogP) is 4.50. The van der Waals surface area contributed by atoms with E-state index in [0.29, 0.717) is 54.6 Å². The summed E-state index contributed by atoms with van der Waals surface area (Å²) < 4.78 is 11.8. The van der Waals surface area contributed by atoms with Gasteiger partial charge in [-0.25, -0.2) is 9.78 Å². The van der Waals surface area contributed by atoms with E-state index in [0.717, 1.165) is 16.8 Å². The highest BCUT2D eigenvalue weighted by Gasteiger charge is 2.35. The Hall–Kier alpha value is -4.33. The molecule has 186 valence electrons. The van der Waals surface area contributed by atoms with Crippen LogP contribution in [0.1, 0.15) is 35.5 Å². The number of allylic oxidation sites excluding steroid dienone is 3. The van der Waals surface area contributed by atoms with Gasteiger partial charge in [-0.1, -0.05) is 24.3 Å². The van der Waals surface area contributed by atoms with Crippen molar-refractivity contribution >= 4 is 17.6 Å². The van der Waals surface area contributed by atoms with Crippen molar-refractivity contribution in [3.63, 3.8) is 0 Å². The van der Waals surface area contributed by atoms with Crippen LogP contribution in [-0.4, -0.2) is 40.0 Å². The molecule has 1 atom stereocenters. The first-order valence-corrected chi connectivity index (χ1v) is 11.8. The lowest BCUT2D eigenvalue weighted by molar-refractivity contribution is -0.149. The summed E-state index contributed by atoms with van der Waals surface area (Å²) in [6.45, 7) is 4.37. The van der Waals surface area contributed by atoms with Crippen LogP contribution < -0.4 is 10.5 Å². The summed E-state index contributed by atoms with van der Waals surface area (Å²) in [7, 11) is 0. The Kier molecular flexibility index (Phi) is 7.53. The minimum absolute atomic E-state index is 0.333. The number of aromatic nitrogens is 1. The molecule has 0 bridgehead atoms. The molecule has 3 N–H and O–H groups in total. The van der Waals surface area contributed by atoms with E-state index in [-0.39, 0.29) is 5.91 Å². The second kappa shape index (κ2) is 10.9. The van der Waals surface area contributed by atoms with E-state index in [2.05, 4.69) is 4.98 Å². The molecule has 0 radical (unpaired) electrons. The minimum Gasteiger partial charge on any atom is -0.493 e. The van der Waals surface area contributed by atoms with Crippen LogP contribution in [0.3, 0.4) is 0 Å². The number of carbonyl (C=O) groups is 2. The maximum Gasteiger partial charge on any atom is 0.331 e. The van der Waals surface area contributed by atoms with Crippen LogP contribution in [0, 0.1) is 6.92 Å².